The Morgan fingerprint density at radius 2 is 2.05 bits per heavy atom. The third kappa shape index (κ3) is 1.99. The molecule has 3 rings (SSSR count). The zero-order valence-electron chi connectivity index (χ0n) is 10.4. The molecule has 0 aliphatic heterocycles. The first-order valence-corrected chi connectivity index (χ1v) is 6.06. The van der Waals surface area contributed by atoms with Crippen LogP contribution in [0.1, 0.15) is 23.0 Å². The second-order valence-corrected chi connectivity index (χ2v) is 4.15. The van der Waals surface area contributed by atoms with Crippen molar-refractivity contribution in [3.63, 3.8) is 0 Å². The summed E-state index contributed by atoms with van der Waals surface area (Å²) in [6.45, 7) is 2.79. The number of fused-ring (bicyclic) bond motifs is 1. The summed E-state index contributed by atoms with van der Waals surface area (Å²) >= 11 is 0. The van der Waals surface area contributed by atoms with Gasteiger partial charge >= 0.3 is 0 Å². The van der Waals surface area contributed by atoms with Gasteiger partial charge < -0.3 is 4.57 Å². The van der Waals surface area contributed by atoms with E-state index in [1.54, 1.807) is 37.1 Å². The highest BCUT2D eigenvalue weighted by Gasteiger charge is 2.15. The lowest BCUT2D eigenvalue weighted by atomic mass is 10.1. The molecular formula is C14H12N4O. The maximum atomic E-state index is 12.4. The summed E-state index contributed by atoms with van der Waals surface area (Å²) < 4.78 is 1.87. The van der Waals surface area contributed by atoms with Crippen LogP contribution in [0.3, 0.4) is 0 Å². The molecule has 0 radical (unpaired) electrons. The monoisotopic (exact) mass is 252 g/mol. The number of rotatable bonds is 3. The maximum Gasteiger partial charge on any atom is 0.215 e. The van der Waals surface area contributed by atoms with Gasteiger partial charge in [-0.2, -0.15) is 0 Å². The third-order valence-electron chi connectivity index (χ3n) is 2.97. The summed E-state index contributed by atoms with van der Waals surface area (Å²) in [5.74, 6) is -0.127. The molecule has 0 bridgehead atoms. The average Bonchev–Trinajstić information content (AvgIpc) is 2.95. The number of carbonyl (C=O) groups is 1. The van der Waals surface area contributed by atoms with Crippen LogP contribution in [-0.2, 0) is 6.54 Å². The Morgan fingerprint density at radius 1 is 1.21 bits per heavy atom. The van der Waals surface area contributed by atoms with Crippen molar-refractivity contribution in [1.82, 2.24) is 19.5 Å². The normalized spacial score (nSPS) is 10.8. The molecule has 2 aromatic heterocycles. The SMILES string of the molecule is CCn1cnc(C(=O)c2cccc3nccnc23)c1. The number of para-hydroxylation sites is 1. The molecule has 5 nitrogen and oxygen atoms in total. The molecule has 0 N–H and O–H groups in total. The molecule has 0 saturated heterocycles. The third-order valence-corrected chi connectivity index (χ3v) is 2.97. The van der Waals surface area contributed by atoms with Crippen molar-refractivity contribution >= 4 is 16.8 Å². The van der Waals surface area contributed by atoms with Gasteiger partial charge in [-0.25, -0.2) is 4.98 Å². The highest BCUT2D eigenvalue weighted by molar-refractivity contribution is 6.14. The number of hydrogen-bond donors (Lipinski definition) is 0. The van der Waals surface area contributed by atoms with Crippen LogP contribution in [0, 0.1) is 0 Å². The first kappa shape index (κ1) is 11.5. The predicted molar refractivity (Wildman–Crippen MR) is 70.9 cm³/mol. The maximum absolute atomic E-state index is 12.4. The molecule has 1 aromatic carbocycles. The lowest BCUT2D eigenvalue weighted by Crippen LogP contribution is -2.04. The molecule has 0 amide bonds. The van der Waals surface area contributed by atoms with Gasteiger partial charge in [0.2, 0.25) is 5.78 Å². The highest BCUT2D eigenvalue weighted by atomic mass is 16.1. The van der Waals surface area contributed by atoms with E-state index in [4.69, 9.17) is 0 Å². The summed E-state index contributed by atoms with van der Waals surface area (Å²) in [5.41, 5.74) is 2.29. The van der Waals surface area contributed by atoms with Crippen LogP contribution >= 0.6 is 0 Å². The van der Waals surface area contributed by atoms with Crippen LogP contribution in [0.2, 0.25) is 0 Å². The fourth-order valence-corrected chi connectivity index (χ4v) is 1.96. The molecule has 94 valence electrons. The van der Waals surface area contributed by atoms with Crippen LogP contribution in [0.5, 0.6) is 0 Å². The highest BCUT2D eigenvalue weighted by Crippen LogP contribution is 2.17. The van der Waals surface area contributed by atoms with Crippen LogP contribution in [-0.4, -0.2) is 25.3 Å². The molecule has 0 saturated carbocycles. The summed E-state index contributed by atoms with van der Waals surface area (Å²) in [5, 5.41) is 0. The molecule has 19 heavy (non-hydrogen) atoms. The Balaban J connectivity index is 2.11. The minimum absolute atomic E-state index is 0.127. The number of ketones is 1. The Morgan fingerprint density at radius 3 is 2.84 bits per heavy atom. The Kier molecular flexibility index (Phi) is 2.79. The van der Waals surface area contributed by atoms with E-state index in [0.29, 0.717) is 22.3 Å². The van der Waals surface area contributed by atoms with Gasteiger partial charge in [-0.05, 0) is 19.1 Å². The molecule has 3 aromatic rings. The fourth-order valence-electron chi connectivity index (χ4n) is 1.96. The van der Waals surface area contributed by atoms with E-state index in [1.807, 2.05) is 17.6 Å². The molecule has 0 aliphatic rings. The number of nitrogens with zero attached hydrogens (tertiary/aromatic N) is 4. The fraction of sp³-hybridized carbons (Fsp3) is 0.143. The Labute approximate surface area is 110 Å². The largest absolute Gasteiger partial charge is 0.337 e. The first-order valence-electron chi connectivity index (χ1n) is 6.06. The number of carbonyl (C=O) groups excluding carboxylic acids is 1. The number of imidazole rings is 1. The van der Waals surface area contributed by atoms with Crippen LogP contribution in [0.15, 0.2) is 43.1 Å². The number of hydrogen-bond acceptors (Lipinski definition) is 4. The van der Waals surface area contributed by atoms with Crippen LogP contribution < -0.4 is 0 Å². The van der Waals surface area contributed by atoms with E-state index >= 15 is 0 Å². The Bertz CT molecular complexity index is 743. The van der Waals surface area contributed by atoms with Gasteiger partial charge in [0.05, 0.1) is 22.9 Å². The molecule has 5 heteroatoms. The van der Waals surface area contributed by atoms with E-state index in [-0.39, 0.29) is 5.78 Å². The van der Waals surface area contributed by atoms with Crippen molar-refractivity contribution in [2.45, 2.75) is 13.5 Å². The van der Waals surface area contributed by atoms with Crippen molar-refractivity contribution in [1.29, 1.82) is 0 Å². The molecule has 2 heterocycles. The topological polar surface area (TPSA) is 60.7 Å². The number of benzene rings is 1. The van der Waals surface area contributed by atoms with E-state index < -0.39 is 0 Å². The van der Waals surface area contributed by atoms with Crippen molar-refractivity contribution in [2.75, 3.05) is 0 Å². The minimum atomic E-state index is -0.127. The van der Waals surface area contributed by atoms with Gasteiger partial charge in [0.25, 0.3) is 0 Å². The van der Waals surface area contributed by atoms with Crippen LogP contribution in [0.4, 0.5) is 0 Å². The summed E-state index contributed by atoms with van der Waals surface area (Å²) in [6.07, 6.45) is 6.60. The van der Waals surface area contributed by atoms with Gasteiger partial charge in [0, 0.05) is 25.1 Å². The minimum Gasteiger partial charge on any atom is -0.337 e. The van der Waals surface area contributed by atoms with Gasteiger partial charge in [-0.15, -0.1) is 0 Å². The summed E-state index contributed by atoms with van der Waals surface area (Å²) in [6, 6.07) is 5.40. The smallest absolute Gasteiger partial charge is 0.215 e. The van der Waals surface area contributed by atoms with Gasteiger partial charge in [0.15, 0.2) is 0 Å². The van der Waals surface area contributed by atoms with E-state index in [9.17, 15) is 4.79 Å². The molecule has 0 atom stereocenters. The predicted octanol–water partition coefficient (Wildman–Crippen LogP) is 2.08. The van der Waals surface area contributed by atoms with E-state index in [0.717, 1.165) is 6.54 Å². The van der Waals surface area contributed by atoms with Crippen molar-refractivity contribution in [3.05, 3.63) is 54.4 Å². The van der Waals surface area contributed by atoms with Crippen molar-refractivity contribution in [2.24, 2.45) is 0 Å². The van der Waals surface area contributed by atoms with Gasteiger partial charge in [-0.1, -0.05) is 6.07 Å². The van der Waals surface area contributed by atoms with E-state index in [1.165, 1.54) is 0 Å². The average molecular weight is 252 g/mol. The zero-order valence-corrected chi connectivity index (χ0v) is 10.4. The van der Waals surface area contributed by atoms with Gasteiger partial charge in [0.1, 0.15) is 5.69 Å². The first-order chi connectivity index (χ1) is 9.29. The lowest BCUT2D eigenvalue weighted by Gasteiger charge is -2.02. The van der Waals surface area contributed by atoms with Crippen LogP contribution in [0.25, 0.3) is 11.0 Å². The lowest BCUT2D eigenvalue weighted by molar-refractivity contribution is 0.103. The zero-order chi connectivity index (χ0) is 13.2. The molecular weight excluding hydrogens is 240 g/mol. The molecule has 0 fully saturated rings. The molecule has 0 unspecified atom stereocenters. The summed E-state index contributed by atoms with van der Waals surface area (Å²) in [7, 11) is 0. The quantitative estimate of drug-likeness (QED) is 0.669. The van der Waals surface area contributed by atoms with E-state index in [2.05, 4.69) is 15.0 Å². The van der Waals surface area contributed by atoms with Crippen molar-refractivity contribution < 1.29 is 4.79 Å². The number of aryl methyl sites for hydroxylation is 1. The van der Waals surface area contributed by atoms with Crippen molar-refractivity contribution in [3.8, 4) is 0 Å². The molecule has 0 spiro atoms. The molecule has 0 aliphatic carbocycles. The second-order valence-electron chi connectivity index (χ2n) is 4.15. The van der Waals surface area contributed by atoms with Gasteiger partial charge in [-0.3, -0.25) is 14.8 Å². The second kappa shape index (κ2) is 4.61. The number of aromatic nitrogens is 4. The Hall–Kier alpha value is -2.56. The summed E-state index contributed by atoms with van der Waals surface area (Å²) in [4.78, 5) is 25.0. The standard InChI is InChI=1S/C14H12N4O/c1-2-18-8-12(17-9-18)14(19)10-4-3-5-11-13(10)16-7-6-15-11/h3-9H,2H2,1H3.